The number of carbonyl (C=O) groups is 2. The van der Waals surface area contributed by atoms with Crippen molar-refractivity contribution in [2.24, 2.45) is 11.8 Å². The molecular weight excluding hydrogens is 440 g/mol. The third-order valence-electron chi connectivity index (χ3n) is 6.25. The van der Waals surface area contributed by atoms with E-state index in [2.05, 4.69) is 0 Å². The Balaban J connectivity index is 1.67. The van der Waals surface area contributed by atoms with Gasteiger partial charge in [0.15, 0.2) is 11.5 Å². The number of ether oxygens (including phenoxy) is 3. The highest BCUT2D eigenvalue weighted by Gasteiger charge is 2.44. The second-order valence-corrected chi connectivity index (χ2v) is 9.00. The van der Waals surface area contributed by atoms with Crippen LogP contribution in [-0.4, -0.2) is 29.8 Å². The predicted molar refractivity (Wildman–Crippen MR) is 124 cm³/mol. The van der Waals surface area contributed by atoms with Crippen LogP contribution >= 0.6 is 0 Å². The van der Waals surface area contributed by atoms with E-state index in [0.29, 0.717) is 23.5 Å². The lowest BCUT2D eigenvalue weighted by molar-refractivity contribution is -0.147. The molecule has 1 aliphatic rings. The van der Waals surface area contributed by atoms with Crippen LogP contribution in [0.25, 0.3) is 11.0 Å². The summed E-state index contributed by atoms with van der Waals surface area (Å²) in [5.41, 5.74) is 0.791. The molecule has 1 aromatic heterocycles. The van der Waals surface area contributed by atoms with E-state index in [0.717, 1.165) is 16.5 Å². The molecule has 1 aliphatic heterocycles. The number of carbonyl (C=O) groups excluding carboxylic acids is 1. The minimum absolute atomic E-state index is 0.237. The van der Waals surface area contributed by atoms with Gasteiger partial charge in [0, 0.05) is 30.4 Å². The molecule has 1 N–H and O–H groups in total. The molecule has 0 bridgehead atoms. The molecule has 34 heavy (non-hydrogen) atoms. The fraction of sp³-hybridized carbons (Fsp3) is 0.346. The molecule has 178 valence electrons. The molecule has 0 radical (unpaired) electrons. The molecule has 0 saturated heterocycles. The van der Waals surface area contributed by atoms with Crippen molar-refractivity contribution >= 4 is 22.9 Å². The molecule has 0 saturated carbocycles. The van der Waals surface area contributed by atoms with E-state index in [1.807, 2.05) is 19.9 Å². The monoisotopic (exact) mass is 466 g/mol. The standard InChI is InChI=1S/C26H26O8/c1-14(27)32-20-7-5-15(10-23(20)31-4)9-18(25(29)30)19-12-17-11-16-6-8-24(28)33-21(16)13-22(17)34-26(19,2)3/h5-8,10-11,13,18-19H,9,12H2,1-4H3,(H,29,30)/t18-,19?/m0/s1. The molecule has 2 atom stereocenters. The molecule has 4 rings (SSSR count). The zero-order valence-corrected chi connectivity index (χ0v) is 19.4. The fourth-order valence-electron chi connectivity index (χ4n) is 4.60. The van der Waals surface area contributed by atoms with Gasteiger partial charge in [-0.3, -0.25) is 9.59 Å². The van der Waals surface area contributed by atoms with Crippen LogP contribution in [0.2, 0.25) is 0 Å². The zero-order valence-electron chi connectivity index (χ0n) is 19.4. The van der Waals surface area contributed by atoms with Gasteiger partial charge in [-0.25, -0.2) is 4.79 Å². The summed E-state index contributed by atoms with van der Waals surface area (Å²) in [5.74, 6) is -1.28. The first-order chi connectivity index (χ1) is 16.1. The largest absolute Gasteiger partial charge is 0.493 e. The first kappa shape index (κ1) is 23.4. The number of esters is 1. The van der Waals surface area contributed by atoms with Crippen LogP contribution in [0.3, 0.4) is 0 Å². The predicted octanol–water partition coefficient (Wildman–Crippen LogP) is 4.00. The third kappa shape index (κ3) is 4.62. The van der Waals surface area contributed by atoms with Gasteiger partial charge >= 0.3 is 17.6 Å². The molecule has 0 fully saturated rings. The molecule has 0 aliphatic carbocycles. The van der Waals surface area contributed by atoms with Crippen molar-refractivity contribution < 1.29 is 33.3 Å². The van der Waals surface area contributed by atoms with Gasteiger partial charge in [0.1, 0.15) is 16.9 Å². The van der Waals surface area contributed by atoms with Crippen molar-refractivity contribution in [1.82, 2.24) is 0 Å². The summed E-state index contributed by atoms with van der Waals surface area (Å²) in [6.07, 6.45) is 0.721. The van der Waals surface area contributed by atoms with Crippen molar-refractivity contribution in [3.8, 4) is 17.2 Å². The van der Waals surface area contributed by atoms with Crippen LogP contribution in [0, 0.1) is 11.8 Å². The normalized spacial score (nSPS) is 17.4. The van der Waals surface area contributed by atoms with Gasteiger partial charge in [0.2, 0.25) is 0 Å². The summed E-state index contributed by atoms with van der Waals surface area (Å²) >= 11 is 0. The van der Waals surface area contributed by atoms with Gasteiger partial charge in [-0.05, 0) is 62.1 Å². The van der Waals surface area contributed by atoms with E-state index < -0.39 is 29.1 Å². The van der Waals surface area contributed by atoms with E-state index in [-0.39, 0.29) is 18.1 Å². The number of carboxylic acids is 1. The Hall–Kier alpha value is -3.81. The summed E-state index contributed by atoms with van der Waals surface area (Å²) in [4.78, 5) is 35.3. The Kier molecular flexibility index (Phi) is 6.08. The topological polar surface area (TPSA) is 112 Å². The van der Waals surface area contributed by atoms with Gasteiger partial charge in [-0.1, -0.05) is 6.07 Å². The maximum atomic E-state index is 12.4. The first-order valence-electron chi connectivity index (χ1n) is 10.9. The van der Waals surface area contributed by atoms with E-state index in [1.165, 1.54) is 20.1 Å². The minimum Gasteiger partial charge on any atom is -0.493 e. The second kappa shape index (κ2) is 8.85. The summed E-state index contributed by atoms with van der Waals surface area (Å²) < 4.78 is 22.0. The molecule has 0 amide bonds. The lowest BCUT2D eigenvalue weighted by Crippen LogP contribution is -2.48. The number of aliphatic carboxylic acids is 1. The van der Waals surface area contributed by atoms with E-state index in [4.69, 9.17) is 18.6 Å². The second-order valence-electron chi connectivity index (χ2n) is 9.00. The van der Waals surface area contributed by atoms with Crippen molar-refractivity contribution in [3.05, 3.63) is 64.0 Å². The average molecular weight is 466 g/mol. The van der Waals surface area contributed by atoms with Crippen LogP contribution in [0.15, 0.2) is 51.7 Å². The smallest absolute Gasteiger partial charge is 0.336 e. The summed E-state index contributed by atoms with van der Waals surface area (Å²) in [6, 6.07) is 11.6. The fourth-order valence-corrected chi connectivity index (χ4v) is 4.60. The van der Waals surface area contributed by atoms with Gasteiger partial charge in [0.05, 0.1) is 13.0 Å². The molecule has 8 nitrogen and oxygen atoms in total. The highest BCUT2D eigenvalue weighted by Crippen LogP contribution is 2.43. The average Bonchev–Trinajstić information content (AvgIpc) is 2.75. The first-order valence-corrected chi connectivity index (χ1v) is 10.9. The lowest BCUT2D eigenvalue weighted by Gasteiger charge is -2.42. The van der Waals surface area contributed by atoms with Crippen LogP contribution in [0.1, 0.15) is 31.9 Å². The summed E-state index contributed by atoms with van der Waals surface area (Å²) in [6.45, 7) is 5.03. The Morgan fingerprint density at radius 2 is 1.91 bits per heavy atom. The van der Waals surface area contributed by atoms with E-state index in [1.54, 1.807) is 30.3 Å². The molecule has 0 spiro atoms. The molecule has 1 unspecified atom stereocenters. The number of carboxylic acid groups (broad SMARTS) is 1. The van der Waals surface area contributed by atoms with Crippen molar-refractivity contribution in [3.63, 3.8) is 0 Å². The number of methoxy groups -OCH3 is 1. The zero-order chi connectivity index (χ0) is 24.6. The number of hydrogen-bond acceptors (Lipinski definition) is 7. The maximum Gasteiger partial charge on any atom is 0.336 e. The molecule has 2 aromatic carbocycles. The highest BCUT2D eigenvalue weighted by atomic mass is 16.6. The van der Waals surface area contributed by atoms with E-state index in [9.17, 15) is 19.5 Å². The maximum absolute atomic E-state index is 12.4. The summed E-state index contributed by atoms with van der Waals surface area (Å²) in [7, 11) is 1.46. The number of hydrogen-bond donors (Lipinski definition) is 1. The molecule has 3 aromatic rings. The van der Waals surface area contributed by atoms with Crippen LogP contribution < -0.4 is 19.8 Å². The third-order valence-corrected chi connectivity index (χ3v) is 6.25. The molecule has 2 heterocycles. The highest BCUT2D eigenvalue weighted by molar-refractivity contribution is 5.80. The van der Waals surface area contributed by atoms with Crippen LogP contribution in [0.4, 0.5) is 0 Å². The Bertz CT molecular complexity index is 1320. The quantitative estimate of drug-likeness (QED) is 0.330. The Morgan fingerprint density at radius 1 is 1.15 bits per heavy atom. The van der Waals surface area contributed by atoms with Crippen molar-refractivity contribution in [1.29, 1.82) is 0 Å². The van der Waals surface area contributed by atoms with Gasteiger partial charge < -0.3 is 23.7 Å². The lowest BCUT2D eigenvalue weighted by atomic mass is 9.72. The SMILES string of the molecule is COc1cc(C[C@H](C(=O)O)C2Cc3cc4ccc(=O)oc4cc3OC2(C)C)ccc1OC(C)=O. The van der Waals surface area contributed by atoms with Gasteiger partial charge in [-0.15, -0.1) is 0 Å². The number of fused-ring (bicyclic) bond motifs is 2. The summed E-state index contributed by atoms with van der Waals surface area (Å²) in [5, 5.41) is 10.9. The van der Waals surface area contributed by atoms with Crippen molar-refractivity contribution in [2.75, 3.05) is 7.11 Å². The number of benzene rings is 2. The van der Waals surface area contributed by atoms with Crippen molar-refractivity contribution in [2.45, 2.75) is 39.2 Å². The molecule has 8 heteroatoms. The van der Waals surface area contributed by atoms with Gasteiger partial charge in [0.25, 0.3) is 0 Å². The van der Waals surface area contributed by atoms with Crippen LogP contribution in [-0.2, 0) is 22.4 Å². The molecular formula is C26H26O8. The van der Waals surface area contributed by atoms with E-state index >= 15 is 0 Å². The van der Waals surface area contributed by atoms with Gasteiger partial charge in [-0.2, -0.15) is 0 Å². The Morgan fingerprint density at radius 3 is 2.59 bits per heavy atom. The Labute approximate surface area is 196 Å². The number of rotatable bonds is 6. The van der Waals surface area contributed by atoms with Crippen LogP contribution in [0.5, 0.6) is 17.2 Å². The minimum atomic E-state index is -0.931.